The van der Waals surface area contributed by atoms with E-state index in [4.69, 9.17) is 9.84 Å². The van der Waals surface area contributed by atoms with Crippen LogP contribution in [-0.4, -0.2) is 35.3 Å². The van der Waals surface area contributed by atoms with Crippen molar-refractivity contribution in [1.82, 2.24) is 4.98 Å². The molecule has 1 aliphatic rings. The lowest BCUT2D eigenvalue weighted by atomic mass is 10.1. The number of hydrogen-bond acceptors (Lipinski definition) is 5. The number of anilines is 1. The van der Waals surface area contributed by atoms with Crippen molar-refractivity contribution < 1.29 is 19.0 Å². The van der Waals surface area contributed by atoms with E-state index < -0.39 is 5.97 Å². The molecule has 23 heavy (non-hydrogen) atoms. The predicted molar refractivity (Wildman–Crippen MR) is 86.3 cm³/mol. The molecule has 0 bridgehead atoms. The van der Waals surface area contributed by atoms with Crippen LogP contribution >= 0.6 is 11.3 Å². The number of thiazole rings is 1. The minimum atomic E-state index is -0.914. The zero-order valence-corrected chi connectivity index (χ0v) is 13.2. The summed E-state index contributed by atoms with van der Waals surface area (Å²) in [6.45, 7) is 1.44. The van der Waals surface area contributed by atoms with Gasteiger partial charge >= 0.3 is 5.97 Å². The van der Waals surface area contributed by atoms with Gasteiger partial charge in [0.1, 0.15) is 5.82 Å². The maximum absolute atomic E-state index is 13.1. The molecule has 2 heterocycles. The molecular weight excluding hydrogens is 319 g/mol. The Morgan fingerprint density at radius 2 is 2.22 bits per heavy atom. The smallest absolute Gasteiger partial charge is 0.308 e. The molecule has 0 aliphatic carbocycles. The van der Waals surface area contributed by atoms with E-state index in [-0.39, 0.29) is 18.3 Å². The minimum Gasteiger partial charge on any atom is -0.481 e. The zero-order chi connectivity index (χ0) is 16.2. The minimum absolute atomic E-state index is 0.105. The van der Waals surface area contributed by atoms with Gasteiger partial charge in [0.05, 0.1) is 18.2 Å². The maximum atomic E-state index is 13.1. The number of halogens is 1. The van der Waals surface area contributed by atoms with Crippen molar-refractivity contribution in [2.24, 2.45) is 0 Å². The molecular formula is C16H17FN2O3S. The molecule has 1 unspecified atom stereocenters. The van der Waals surface area contributed by atoms with Crippen LogP contribution in [0.4, 0.5) is 9.52 Å². The van der Waals surface area contributed by atoms with Gasteiger partial charge in [-0.1, -0.05) is 0 Å². The zero-order valence-electron chi connectivity index (χ0n) is 12.4. The third kappa shape index (κ3) is 4.05. The van der Waals surface area contributed by atoms with Gasteiger partial charge in [-0.05, 0) is 37.1 Å². The van der Waals surface area contributed by atoms with Gasteiger partial charge in [-0.25, -0.2) is 9.37 Å². The molecule has 3 rings (SSSR count). The number of nitrogens with one attached hydrogen (secondary N) is 1. The third-order valence-corrected chi connectivity index (χ3v) is 4.64. The number of aliphatic carboxylic acids is 1. The lowest BCUT2D eigenvalue weighted by Crippen LogP contribution is -2.18. The summed E-state index contributed by atoms with van der Waals surface area (Å²) < 4.78 is 18.6. The molecule has 1 saturated heterocycles. The fourth-order valence-electron chi connectivity index (χ4n) is 2.52. The van der Waals surface area contributed by atoms with Gasteiger partial charge in [-0.15, -0.1) is 11.3 Å². The summed E-state index contributed by atoms with van der Waals surface area (Å²) in [7, 11) is 0. The molecule has 7 heteroatoms. The molecule has 0 radical (unpaired) electrons. The van der Waals surface area contributed by atoms with Crippen LogP contribution in [-0.2, 0) is 16.0 Å². The van der Waals surface area contributed by atoms with E-state index in [0.717, 1.165) is 19.4 Å². The summed E-state index contributed by atoms with van der Waals surface area (Å²) >= 11 is 1.32. The Labute approximate surface area is 137 Å². The highest BCUT2D eigenvalue weighted by Crippen LogP contribution is 2.32. The van der Waals surface area contributed by atoms with Gasteiger partial charge in [0, 0.05) is 23.6 Å². The number of benzene rings is 1. The van der Waals surface area contributed by atoms with Crippen LogP contribution < -0.4 is 5.32 Å². The summed E-state index contributed by atoms with van der Waals surface area (Å²) in [4.78, 5) is 16.2. The third-order valence-electron chi connectivity index (χ3n) is 3.63. The van der Waals surface area contributed by atoms with Gasteiger partial charge in [0.2, 0.25) is 0 Å². The Kier molecular flexibility index (Phi) is 4.88. The number of rotatable bonds is 6. The van der Waals surface area contributed by atoms with Crippen molar-refractivity contribution in [2.45, 2.75) is 25.4 Å². The second-order valence-electron chi connectivity index (χ2n) is 5.38. The van der Waals surface area contributed by atoms with Crippen molar-refractivity contribution in [3.05, 3.63) is 35.0 Å². The van der Waals surface area contributed by atoms with E-state index in [2.05, 4.69) is 10.3 Å². The van der Waals surface area contributed by atoms with Crippen molar-refractivity contribution in [3.8, 4) is 11.3 Å². The molecule has 1 aliphatic heterocycles. The number of ether oxygens (including phenoxy) is 1. The number of aromatic nitrogens is 1. The Balaban J connectivity index is 1.80. The van der Waals surface area contributed by atoms with Crippen LogP contribution in [0.25, 0.3) is 11.3 Å². The first kappa shape index (κ1) is 15.9. The Morgan fingerprint density at radius 1 is 1.43 bits per heavy atom. The van der Waals surface area contributed by atoms with Crippen molar-refractivity contribution >= 4 is 22.4 Å². The van der Waals surface area contributed by atoms with E-state index in [1.807, 2.05) is 0 Å². The lowest BCUT2D eigenvalue weighted by molar-refractivity contribution is -0.136. The van der Waals surface area contributed by atoms with Crippen LogP contribution in [0.1, 0.15) is 17.7 Å². The second-order valence-corrected chi connectivity index (χ2v) is 6.47. The maximum Gasteiger partial charge on any atom is 0.308 e. The van der Waals surface area contributed by atoms with E-state index in [1.54, 1.807) is 12.1 Å². The first-order chi connectivity index (χ1) is 11.1. The first-order valence-electron chi connectivity index (χ1n) is 7.45. The summed E-state index contributed by atoms with van der Waals surface area (Å²) in [6, 6.07) is 5.91. The second kappa shape index (κ2) is 7.06. The van der Waals surface area contributed by atoms with Crippen LogP contribution in [0.2, 0.25) is 0 Å². The van der Waals surface area contributed by atoms with Crippen molar-refractivity contribution in [2.75, 3.05) is 18.5 Å². The van der Waals surface area contributed by atoms with Crippen molar-refractivity contribution in [1.29, 1.82) is 0 Å². The highest BCUT2D eigenvalue weighted by molar-refractivity contribution is 7.16. The first-order valence-corrected chi connectivity index (χ1v) is 8.26. The summed E-state index contributed by atoms with van der Waals surface area (Å²) in [5, 5.41) is 13.0. The Bertz CT molecular complexity index is 681. The van der Waals surface area contributed by atoms with Crippen LogP contribution in [0, 0.1) is 5.82 Å². The molecule has 1 fully saturated rings. The fraction of sp³-hybridized carbons (Fsp3) is 0.375. The van der Waals surface area contributed by atoms with Crippen molar-refractivity contribution in [3.63, 3.8) is 0 Å². The molecule has 1 aromatic carbocycles. The molecule has 2 aromatic rings. The summed E-state index contributed by atoms with van der Waals surface area (Å²) in [5.41, 5.74) is 1.30. The van der Waals surface area contributed by atoms with Gasteiger partial charge in [-0.2, -0.15) is 0 Å². The Hall–Kier alpha value is -1.99. The summed E-state index contributed by atoms with van der Waals surface area (Å²) in [6.07, 6.45) is 2.16. The van der Waals surface area contributed by atoms with Crippen LogP contribution in [0.3, 0.4) is 0 Å². The van der Waals surface area contributed by atoms with Gasteiger partial charge < -0.3 is 15.2 Å². The molecule has 1 aromatic heterocycles. The van der Waals surface area contributed by atoms with E-state index in [0.29, 0.717) is 27.8 Å². The lowest BCUT2D eigenvalue weighted by Gasteiger charge is -2.09. The van der Waals surface area contributed by atoms with Crippen LogP contribution in [0.5, 0.6) is 0 Å². The van der Waals surface area contributed by atoms with Gasteiger partial charge in [0.25, 0.3) is 0 Å². The molecule has 1 atom stereocenters. The predicted octanol–water partition coefficient (Wildman–Crippen LogP) is 3.17. The van der Waals surface area contributed by atoms with Gasteiger partial charge in [-0.3, -0.25) is 4.79 Å². The molecule has 122 valence electrons. The van der Waals surface area contributed by atoms with E-state index in [1.165, 1.54) is 23.5 Å². The molecule has 0 spiro atoms. The molecule has 2 N–H and O–H groups in total. The molecule has 5 nitrogen and oxygen atoms in total. The number of carboxylic acid groups (broad SMARTS) is 1. The number of nitrogens with zero attached hydrogens (tertiary/aromatic N) is 1. The summed E-state index contributed by atoms with van der Waals surface area (Å²) in [5.74, 6) is -1.25. The van der Waals surface area contributed by atoms with Gasteiger partial charge in [0.15, 0.2) is 5.13 Å². The molecule has 0 amide bonds. The largest absolute Gasteiger partial charge is 0.481 e. The van der Waals surface area contributed by atoms with E-state index in [9.17, 15) is 9.18 Å². The standard InChI is InChI=1S/C16H17FN2O3S/c17-11-5-3-10(4-6-11)15-13(8-14(20)21)23-16(19-15)18-9-12-2-1-7-22-12/h3-6,12H,1-2,7-9H2,(H,18,19)(H,20,21). The topological polar surface area (TPSA) is 71.5 Å². The highest BCUT2D eigenvalue weighted by Gasteiger charge is 2.18. The highest BCUT2D eigenvalue weighted by atomic mass is 32.1. The number of hydrogen-bond donors (Lipinski definition) is 2. The fourth-order valence-corrected chi connectivity index (χ4v) is 3.51. The number of carbonyl (C=O) groups is 1. The quantitative estimate of drug-likeness (QED) is 0.848. The normalized spacial score (nSPS) is 17.3. The monoisotopic (exact) mass is 336 g/mol. The average Bonchev–Trinajstić information content (AvgIpc) is 3.15. The van der Waals surface area contributed by atoms with Crippen LogP contribution in [0.15, 0.2) is 24.3 Å². The Morgan fingerprint density at radius 3 is 2.87 bits per heavy atom. The molecule has 0 saturated carbocycles. The van der Waals surface area contributed by atoms with E-state index >= 15 is 0 Å². The average molecular weight is 336 g/mol. The number of carboxylic acids is 1. The SMILES string of the molecule is O=C(O)Cc1sc(NCC2CCCO2)nc1-c1ccc(F)cc1.